The van der Waals surface area contributed by atoms with Crippen LogP contribution in [0.2, 0.25) is 0 Å². The van der Waals surface area contributed by atoms with Gasteiger partial charge in [0.1, 0.15) is 11.3 Å². The highest BCUT2D eigenvalue weighted by molar-refractivity contribution is 5.90. The van der Waals surface area contributed by atoms with Crippen molar-refractivity contribution in [3.63, 3.8) is 0 Å². The van der Waals surface area contributed by atoms with Crippen LogP contribution >= 0.6 is 0 Å². The molecule has 1 aliphatic rings. The predicted molar refractivity (Wildman–Crippen MR) is 112 cm³/mol. The zero-order chi connectivity index (χ0) is 19.3. The molecule has 0 radical (unpaired) electrons. The number of benzene rings is 1. The number of aryl methyl sites for hydroxylation is 1. The number of carbonyl (C=O) groups excluding carboxylic acids is 1. The molecule has 0 aliphatic heterocycles. The van der Waals surface area contributed by atoms with Gasteiger partial charge in [-0.05, 0) is 43.0 Å². The molecule has 1 aromatic carbocycles. The Morgan fingerprint density at radius 2 is 2.00 bits per heavy atom. The Kier molecular flexibility index (Phi) is 5.55. The van der Waals surface area contributed by atoms with E-state index < -0.39 is 0 Å². The molecular weight excluding hydrogens is 350 g/mol. The summed E-state index contributed by atoms with van der Waals surface area (Å²) in [4.78, 5) is 21.7. The smallest absolute Gasteiger partial charge is 0.319 e. The molecule has 0 saturated heterocycles. The van der Waals surface area contributed by atoms with Crippen LogP contribution in [0.1, 0.15) is 50.0 Å². The van der Waals surface area contributed by atoms with E-state index >= 15 is 0 Å². The Morgan fingerprint density at radius 1 is 1.18 bits per heavy atom. The molecule has 2 heterocycles. The molecule has 2 N–H and O–H groups in total. The first-order valence-corrected chi connectivity index (χ1v) is 10.2. The van der Waals surface area contributed by atoms with E-state index in [0.717, 1.165) is 34.7 Å². The number of anilines is 1. The molecule has 3 aromatic rings. The van der Waals surface area contributed by atoms with Crippen LogP contribution in [0.15, 0.2) is 42.6 Å². The van der Waals surface area contributed by atoms with Gasteiger partial charge >= 0.3 is 6.03 Å². The fourth-order valence-electron chi connectivity index (χ4n) is 4.10. The van der Waals surface area contributed by atoms with E-state index in [0.29, 0.717) is 19.0 Å². The molecule has 2 aromatic heterocycles. The van der Waals surface area contributed by atoms with E-state index in [9.17, 15) is 4.79 Å². The van der Waals surface area contributed by atoms with Gasteiger partial charge in [-0.15, -0.1) is 0 Å². The van der Waals surface area contributed by atoms with E-state index in [1.165, 1.54) is 25.7 Å². The SMILES string of the molecule is CCc1ccccc1NC(=O)NCCc1nc2cccnc2n1C1CCCC1. The number of pyridine rings is 1. The van der Waals surface area contributed by atoms with E-state index in [1.807, 2.05) is 42.6 Å². The minimum absolute atomic E-state index is 0.178. The molecule has 2 amide bonds. The van der Waals surface area contributed by atoms with Crippen molar-refractivity contribution in [1.29, 1.82) is 0 Å². The number of urea groups is 1. The number of imidazole rings is 1. The van der Waals surface area contributed by atoms with Gasteiger partial charge in [0.05, 0.1) is 0 Å². The Labute approximate surface area is 165 Å². The number of rotatable bonds is 6. The molecule has 146 valence electrons. The van der Waals surface area contributed by atoms with E-state index in [1.54, 1.807) is 0 Å². The highest BCUT2D eigenvalue weighted by atomic mass is 16.2. The van der Waals surface area contributed by atoms with Crippen LogP contribution in [-0.2, 0) is 12.8 Å². The summed E-state index contributed by atoms with van der Waals surface area (Å²) in [5, 5.41) is 5.92. The van der Waals surface area contributed by atoms with Crippen molar-refractivity contribution in [3.05, 3.63) is 54.0 Å². The van der Waals surface area contributed by atoms with Crippen molar-refractivity contribution >= 4 is 22.9 Å². The van der Waals surface area contributed by atoms with E-state index in [2.05, 4.69) is 27.1 Å². The summed E-state index contributed by atoms with van der Waals surface area (Å²) in [6.45, 7) is 2.62. The Hall–Kier alpha value is -2.89. The average molecular weight is 377 g/mol. The van der Waals surface area contributed by atoms with E-state index in [-0.39, 0.29) is 6.03 Å². The van der Waals surface area contributed by atoms with Crippen molar-refractivity contribution in [2.75, 3.05) is 11.9 Å². The zero-order valence-electron chi connectivity index (χ0n) is 16.3. The Bertz CT molecular complexity index is 958. The molecule has 6 nitrogen and oxygen atoms in total. The number of nitrogens with zero attached hydrogens (tertiary/aromatic N) is 3. The standard InChI is InChI=1S/C22H27N5O/c1-2-16-8-3-6-11-18(16)26-22(28)24-15-13-20-25-19-12-7-14-23-21(19)27(20)17-9-4-5-10-17/h3,6-8,11-12,14,17H,2,4-5,9-10,13,15H2,1H3,(H2,24,26,28). The second-order valence-corrected chi connectivity index (χ2v) is 7.32. The first kappa shape index (κ1) is 18.5. The van der Waals surface area contributed by atoms with Gasteiger partial charge in [0.25, 0.3) is 0 Å². The maximum absolute atomic E-state index is 12.3. The lowest BCUT2D eigenvalue weighted by Crippen LogP contribution is -2.31. The minimum Gasteiger partial charge on any atom is -0.337 e. The normalized spacial score (nSPS) is 14.5. The fraction of sp³-hybridized carbons (Fsp3) is 0.409. The molecule has 28 heavy (non-hydrogen) atoms. The van der Waals surface area contributed by atoms with Crippen molar-refractivity contribution < 1.29 is 4.79 Å². The molecule has 6 heteroatoms. The molecule has 1 saturated carbocycles. The number of carbonyl (C=O) groups is 1. The number of aromatic nitrogens is 3. The van der Waals surface area contributed by atoms with Crippen molar-refractivity contribution in [2.45, 2.75) is 51.5 Å². The lowest BCUT2D eigenvalue weighted by atomic mass is 10.1. The van der Waals surface area contributed by atoms with Crippen LogP contribution in [0.25, 0.3) is 11.2 Å². The summed E-state index contributed by atoms with van der Waals surface area (Å²) in [7, 11) is 0. The first-order chi connectivity index (χ1) is 13.8. The Balaban J connectivity index is 1.43. The third-order valence-electron chi connectivity index (χ3n) is 5.49. The minimum atomic E-state index is -0.178. The second kappa shape index (κ2) is 8.42. The molecule has 0 unspecified atom stereocenters. The quantitative estimate of drug-likeness (QED) is 0.666. The number of nitrogens with one attached hydrogen (secondary N) is 2. The molecule has 1 fully saturated rings. The van der Waals surface area contributed by atoms with Gasteiger partial charge in [0.2, 0.25) is 0 Å². The topological polar surface area (TPSA) is 71.8 Å². The Morgan fingerprint density at radius 3 is 2.82 bits per heavy atom. The summed E-state index contributed by atoms with van der Waals surface area (Å²) >= 11 is 0. The number of amides is 2. The number of fused-ring (bicyclic) bond motifs is 1. The summed E-state index contributed by atoms with van der Waals surface area (Å²) in [6, 6.07) is 12.1. The summed E-state index contributed by atoms with van der Waals surface area (Å²) in [5.41, 5.74) is 3.90. The third-order valence-corrected chi connectivity index (χ3v) is 5.49. The highest BCUT2D eigenvalue weighted by Crippen LogP contribution is 2.33. The van der Waals surface area contributed by atoms with Gasteiger partial charge in [0.15, 0.2) is 5.65 Å². The summed E-state index contributed by atoms with van der Waals surface area (Å²) in [6.07, 6.45) is 8.27. The van der Waals surface area contributed by atoms with Crippen molar-refractivity contribution in [2.24, 2.45) is 0 Å². The van der Waals surface area contributed by atoms with Gasteiger partial charge in [-0.25, -0.2) is 14.8 Å². The van der Waals surface area contributed by atoms with Crippen LogP contribution in [-0.4, -0.2) is 27.1 Å². The first-order valence-electron chi connectivity index (χ1n) is 10.2. The van der Waals surface area contributed by atoms with Crippen LogP contribution in [0.4, 0.5) is 10.5 Å². The summed E-state index contributed by atoms with van der Waals surface area (Å²) < 4.78 is 2.30. The van der Waals surface area contributed by atoms with Gasteiger partial charge in [-0.3, -0.25) is 0 Å². The van der Waals surface area contributed by atoms with Crippen LogP contribution in [0.5, 0.6) is 0 Å². The number of hydrogen-bond donors (Lipinski definition) is 2. The third kappa shape index (κ3) is 3.86. The monoisotopic (exact) mass is 377 g/mol. The summed E-state index contributed by atoms with van der Waals surface area (Å²) in [5.74, 6) is 1.01. The maximum Gasteiger partial charge on any atom is 0.319 e. The molecule has 4 rings (SSSR count). The van der Waals surface area contributed by atoms with Gasteiger partial charge < -0.3 is 15.2 Å². The average Bonchev–Trinajstić information content (AvgIpc) is 3.35. The number of para-hydroxylation sites is 1. The van der Waals surface area contributed by atoms with Crippen molar-refractivity contribution in [3.8, 4) is 0 Å². The molecule has 1 aliphatic carbocycles. The maximum atomic E-state index is 12.3. The van der Waals surface area contributed by atoms with Gasteiger partial charge in [-0.1, -0.05) is 38.0 Å². The molecule has 0 spiro atoms. The zero-order valence-corrected chi connectivity index (χ0v) is 16.3. The lowest BCUT2D eigenvalue weighted by Gasteiger charge is -2.16. The predicted octanol–water partition coefficient (Wildman–Crippen LogP) is 4.47. The molecule has 0 bridgehead atoms. The molecule has 0 atom stereocenters. The fourth-order valence-corrected chi connectivity index (χ4v) is 4.10. The number of hydrogen-bond acceptors (Lipinski definition) is 3. The largest absolute Gasteiger partial charge is 0.337 e. The second-order valence-electron chi connectivity index (χ2n) is 7.32. The van der Waals surface area contributed by atoms with Crippen LogP contribution < -0.4 is 10.6 Å². The highest BCUT2D eigenvalue weighted by Gasteiger charge is 2.23. The molecular formula is C22H27N5O. The van der Waals surface area contributed by atoms with Crippen molar-refractivity contribution in [1.82, 2.24) is 19.9 Å². The van der Waals surface area contributed by atoms with Crippen LogP contribution in [0.3, 0.4) is 0 Å². The van der Waals surface area contributed by atoms with E-state index in [4.69, 9.17) is 4.98 Å². The lowest BCUT2D eigenvalue weighted by molar-refractivity contribution is 0.252. The van der Waals surface area contributed by atoms with Crippen LogP contribution in [0, 0.1) is 0 Å². The van der Waals surface area contributed by atoms with Gasteiger partial charge in [-0.2, -0.15) is 0 Å². The van der Waals surface area contributed by atoms with Gasteiger partial charge in [0, 0.05) is 30.9 Å².